The van der Waals surface area contributed by atoms with Crippen LogP contribution >= 0.6 is 11.6 Å². The fraction of sp³-hybridized carbons (Fsp3) is 0.333. The third kappa shape index (κ3) is 5.77. The number of aromatic nitrogens is 1. The van der Waals surface area contributed by atoms with Gasteiger partial charge in [-0.15, -0.1) is 0 Å². The summed E-state index contributed by atoms with van der Waals surface area (Å²) in [6.45, 7) is 1.81. The first kappa shape index (κ1) is 25.0. The van der Waals surface area contributed by atoms with Gasteiger partial charge in [-0.2, -0.15) is 0 Å². The number of nitrogens with one attached hydrogen (secondary N) is 3. The van der Waals surface area contributed by atoms with Crippen molar-refractivity contribution in [2.24, 2.45) is 0 Å². The maximum absolute atomic E-state index is 12.7. The van der Waals surface area contributed by atoms with E-state index >= 15 is 0 Å². The fourth-order valence-electron chi connectivity index (χ4n) is 4.16. The van der Waals surface area contributed by atoms with Gasteiger partial charge in [0, 0.05) is 41.1 Å². The minimum Gasteiger partial charge on any atom is -0.356 e. The number of fused-ring (bicyclic) bond motifs is 3. The first-order valence-electron chi connectivity index (χ1n) is 11.3. The minimum atomic E-state index is -3.81. The van der Waals surface area contributed by atoms with Crippen molar-refractivity contribution in [3.8, 4) is 0 Å². The van der Waals surface area contributed by atoms with Gasteiger partial charge >= 0.3 is 0 Å². The molecule has 1 unspecified atom stereocenters. The molecule has 1 aliphatic heterocycles. The predicted molar refractivity (Wildman–Crippen MR) is 136 cm³/mol. The molecule has 2 heterocycles. The SMILES string of the molecule is CN(C)CCCNC(=O)CC1CNC(=O)c2cc3cc(NS(=O)(=O)c4ccc(Cl)cc4)ccc3n21. The largest absolute Gasteiger partial charge is 0.356 e. The van der Waals surface area contributed by atoms with Gasteiger partial charge in [0.2, 0.25) is 5.91 Å². The quantitative estimate of drug-likeness (QED) is 0.378. The molecule has 0 spiro atoms. The highest BCUT2D eigenvalue weighted by Crippen LogP contribution is 2.31. The smallest absolute Gasteiger partial charge is 0.268 e. The zero-order chi connectivity index (χ0) is 25.2. The number of carbonyl (C=O) groups is 2. The number of sulfonamides is 1. The number of amides is 2. The van der Waals surface area contributed by atoms with E-state index in [2.05, 4.69) is 20.3 Å². The molecular formula is C24H28ClN5O4S. The summed E-state index contributed by atoms with van der Waals surface area (Å²) in [4.78, 5) is 27.2. The number of nitrogens with zero attached hydrogens (tertiary/aromatic N) is 2. The van der Waals surface area contributed by atoms with Crippen molar-refractivity contribution >= 4 is 50.0 Å². The molecule has 2 aromatic carbocycles. The lowest BCUT2D eigenvalue weighted by molar-refractivity contribution is -0.121. The second kappa shape index (κ2) is 10.3. The average molecular weight is 518 g/mol. The van der Waals surface area contributed by atoms with E-state index in [0.29, 0.717) is 34.9 Å². The van der Waals surface area contributed by atoms with Crippen molar-refractivity contribution in [3.63, 3.8) is 0 Å². The van der Waals surface area contributed by atoms with E-state index < -0.39 is 10.0 Å². The summed E-state index contributed by atoms with van der Waals surface area (Å²) >= 11 is 5.86. The van der Waals surface area contributed by atoms with E-state index in [1.807, 2.05) is 18.7 Å². The lowest BCUT2D eigenvalue weighted by Crippen LogP contribution is -2.41. The third-order valence-electron chi connectivity index (χ3n) is 5.84. The normalized spacial score (nSPS) is 15.7. The van der Waals surface area contributed by atoms with Crippen molar-refractivity contribution in [2.75, 3.05) is 38.5 Å². The molecule has 0 aliphatic carbocycles. The van der Waals surface area contributed by atoms with E-state index in [4.69, 9.17) is 11.6 Å². The molecule has 0 saturated heterocycles. The lowest BCUT2D eigenvalue weighted by atomic mass is 10.1. The van der Waals surface area contributed by atoms with E-state index in [-0.39, 0.29) is 29.2 Å². The molecule has 4 rings (SSSR count). The number of anilines is 1. The summed E-state index contributed by atoms with van der Waals surface area (Å²) < 4.78 is 29.9. The zero-order valence-electron chi connectivity index (χ0n) is 19.5. The van der Waals surface area contributed by atoms with E-state index in [1.165, 1.54) is 24.3 Å². The first-order valence-corrected chi connectivity index (χ1v) is 13.1. The molecule has 1 aromatic heterocycles. The predicted octanol–water partition coefficient (Wildman–Crippen LogP) is 2.84. The van der Waals surface area contributed by atoms with Crippen LogP contribution in [0.5, 0.6) is 0 Å². The van der Waals surface area contributed by atoms with Gasteiger partial charge in [-0.1, -0.05) is 11.6 Å². The monoisotopic (exact) mass is 517 g/mol. The van der Waals surface area contributed by atoms with Crippen LogP contribution in [0, 0.1) is 0 Å². The molecule has 0 saturated carbocycles. The number of hydrogen-bond donors (Lipinski definition) is 3. The summed E-state index contributed by atoms with van der Waals surface area (Å²) in [6.07, 6.45) is 1.08. The van der Waals surface area contributed by atoms with Crippen molar-refractivity contribution in [2.45, 2.75) is 23.8 Å². The second-order valence-electron chi connectivity index (χ2n) is 8.81. The number of rotatable bonds is 9. The topological polar surface area (TPSA) is 113 Å². The zero-order valence-corrected chi connectivity index (χ0v) is 21.1. The fourth-order valence-corrected chi connectivity index (χ4v) is 5.34. The molecule has 0 radical (unpaired) electrons. The molecule has 9 nitrogen and oxygen atoms in total. The van der Waals surface area contributed by atoms with Crippen LogP contribution in [0.25, 0.3) is 10.9 Å². The first-order chi connectivity index (χ1) is 16.6. The highest BCUT2D eigenvalue weighted by molar-refractivity contribution is 7.92. The molecule has 186 valence electrons. The van der Waals surface area contributed by atoms with Crippen LogP contribution in [-0.2, 0) is 14.8 Å². The second-order valence-corrected chi connectivity index (χ2v) is 10.9. The van der Waals surface area contributed by atoms with Crippen molar-refractivity contribution in [1.82, 2.24) is 20.1 Å². The highest BCUT2D eigenvalue weighted by atomic mass is 35.5. The van der Waals surface area contributed by atoms with Crippen molar-refractivity contribution in [1.29, 1.82) is 0 Å². The number of halogens is 1. The van der Waals surface area contributed by atoms with Crippen LogP contribution in [0.4, 0.5) is 5.69 Å². The molecule has 0 fully saturated rings. The highest BCUT2D eigenvalue weighted by Gasteiger charge is 2.29. The van der Waals surface area contributed by atoms with Crippen LogP contribution in [0.15, 0.2) is 53.4 Å². The Balaban J connectivity index is 1.54. The van der Waals surface area contributed by atoms with E-state index in [0.717, 1.165) is 18.5 Å². The van der Waals surface area contributed by atoms with Gasteiger partial charge in [0.15, 0.2) is 0 Å². The van der Waals surface area contributed by atoms with Crippen molar-refractivity contribution < 1.29 is 18.0 Å². The van der Waals surface area contributed by atoms with Crippen molar-refractivity contribution in [3.05, 3.63) is 59.2 Å². The molecule has 1 aliphatic rings. The Morgan fingerprint density at radius 3 is 2.63 bits per heavy atom. The molecule has 3 N–H and O–H groups in total. The van der Waals surface area contributed by atoms with E-state index in [1.54, 1.807) is 24.3 Å². The summed E-state index contributed by atoms with van der Waals surface area (Å²) in [7, 11) is 0.165. The van der Waals surface area contributed by atoms with Crippen LogP contribution < -0.4 is 15.4 Å². The summed E-state index contributed by atoms with van der Waals surface area (Å²) in [5.41, 5.74) is 1.56. The Morgan fingerprint density at radius 2 is 1.91 bits per heavy atom. The van der Waals surface area contributed by atoms with Gasteiger partial charge in [-0.3, -0.25) is 14.3 Å². The average Bonchev–Trinajstić information content (AvgIpc) is 3.18. The van der Waals surface area contributed by atoms with Gasteiger partial charge in [0.1, 0.15) is 5.69 Å². The van der Waals surface area contributed by atoms with Gasteiger partial charge in [-0.25, -0.2) is 8.42 Å². The third-order valence-corrected chi connectivity index (χ3v) is 7.49. The summed E-state index contributed by atoms with van der Waals surface area (Å²) in [5, 5.41) is 6.93. The Morgan fingerprint density at radius 1 is 1.17 bits per heavy atom. The van der Waals surface area contributed by atoms with Crippen LogP contribution in [0.3, 0.4) is 0 Å². The maximum Gasteiger partial charge on any atom is 0.268 e. The number of hydrogen-bond acceptors (Lipinski definition) is 5. The molecule has 35 heavy (non-hydrogen) atoms. The van der Waals surface area contributed by atoms with Gasteiger partial charge in [-0.05, 0) is 75.6 Å². The lowest BCUT2D eigenvalue weighted by Gasteiger charge is -2.27. The van der Waals surface area contributed by atoms with Crippen LogP contribution in [-0.4, -0.2) is 63.4 Å². The Hall–Kier alpha value is -3.08. The van der Waals surface area contributed by atoms with Gasteiger partial charge in [0.05, 0.1) is 10.9 Å². The van der Waals surface area contributed by atoms with Crippen LogP contribution in [0.1, 0.15) is 29.4 Å². The Bertz CT molecular complexity index is 1350. The Labute approximate surface area is 209 Å². The summed E-state index contributed by atoms with van der Waals surface area (Å²) in [5.74, 6) is -0.308. The number of carbonyl (C=O) groups excluding carboxylic acids is 2. The van der Waals surface area contributed by atoms with Crippen LogP contribution in [0.2, 0.25) is 5.02 Å². The molecule has 11 heteroatoms. The molecule has 2 amide bonds. The molecular weight excluding hydrogens is 490 g/mol. The number of benzene rings is 2. The summed E-state index contributed by atoms with van der Waals surface area (Å²) in [6, 6.07) is 12.4. The van der Waals surface area contributed by atoms with Gasteiger partial charge in [0.25, 0.3) is 15.9 Å². The minimum absolute atomic E-state index is 0.0787. The standard InChI is InChI=1S/C24H28ClN5O4S/c1-29(2)11-3-10-26-23(31)14-19-15-27-24(32)22-13-16-12-18(6-9-21(16)30(19)22)28-35(33,34)20-7-4-17(25)5-8-20/h4-9,12-13,19,28H,3,10-11,14-15H2,1-2H3,(H,26,31)(H,27,32). The molecule has 3 aromatic rings. The van der Waals surface area contributed by atoms with E-state index in [9.17, 15) is 18.0 Å². The molecule has 0 bridgehead atoms. The Kier molecular flexibility index (Phi) is 7.34. The maximum atomic E-state index is 12.7. The van der Waals surface area contributed by atoms with Gasteiger partial charge < -0.3 is 20.1 Å². The molecule has 1 atom stereocenters.